The molecule has 1 unspecified atom stereocenters. The Morgan fingerprint density at radius 1 is 1.21 bits per heavy atom. The summed E-state index contributed by atoms with van der Waals surface area (Å²) in [7, 11) is -3.33. The summed E-state index contributed by atoms with van der Waals surface area (Å²) in [5.74, 6) is -0.315. The molecule has 1 amide bonds. The first kappa shape index (κ1) is 15.7. The second-order valence-corrected chi connectivity index (χ2v) is 9.20. The van der Waals surface area contributed by atoms with Crippen LogP contribution in [0.5, 0.6) is 0 Å². The van der Waals surface area contributed by atoms with Crippen molar-refractivity contribution in [1.29, 1.82) is 4.78 Å². The van der Waals surface area contributed by atoms with Crippen molar-refractivity contribution in [2.45, 2.75) is 42.7 Å². The van der Waals surface area contributed by atoms with Gasteiger partial charge in [0.15, 0.2) is 5.01 Å². The average Bonchev–Trinajstić information content (AvgIpc) is 3.25. The summed E-state index contributed by atoms with van der Waals surface area (Å²) in [5.41, 5.74) is 6.16. The van der Waals surface area contributed by atoms with E-state index in [-0.39, 0.29) is 15.1 Å². The van der Waals surface area contributed by atoms with Gasteiger partial charge in [0.05, 0.1) is 6.20 Å². The molecule has 0 saturated heterocycles. The fraction of sp³-hybridized carbons (Fsp3) is 0.375. The Kier molecular flexibility index (Phi) is 3.70. The Morgan fingerprint density at radius 3 is 2.38 bits per heavy atom. The Bertz CT molecular complexity index is 915. The number of nitrogens with one attached hydrogen (secondary N) is 2. The molecule has 4 rings (SSSR count). The van der Waals surface area contributed by atoms with E-state index in [0.29, 0.717) is 0 Å². The third kappa shape index (κ3) is 2.64. The van der Waals surface area contributed by atoms with Gasteiger partial charge in [0.2, 0.25) is 0 Å². The zero-order valence-electron chi connectivity index (χ0n) is 13.1. The maximum absolute atomic E-state index is 12.6. The zero-order chi connectivity index (χ0) is 16.9. The van der Waals surface area contributed by atoms with E-state index in [9.17, 15) is 9.00 Å². The topological polar surface area (TPSA) is 109 Å². The number of hydrogen-bond acceptors (Lipinski definition) is 5. The van der Waals surface area contributed by atoms with Gasteiger partial charge in [-0.15, -0.1) is 0 Å². The van der Waals surface area contributed by atoms with Crippen LogP contribution >= 0.6 is 11.3 Å². The molecule has 8 heteroatoms. The fourth-order valence-corrected chi connectivity index (χ4v) is 5.13. The van der Waals surface area contributed by atoms with Crippen LogP contribution in [-0.4, -0.2) is 15.1 Å². The minimum atomic E-state index is -3.33. The van der Waals surface area contributed by atoms with E-state index >= 15 is 0 Å². The summed E-state index contributed by atoms with van der Waals surface area (Å²) in [6.07, 6.45) is 7.62. The van der Waals surface area contributed by atoms with Gasteiger partial charge < -0.3 is 5.32 Å². The van der Waals surface area contributed by atoms with Crippen molar-refractivity contribution in [3.63, 3.8) is 0 Å². The normalized spacial score (nSPS) is 18.0. The van der Waals surface area contributed by atoms with Gasteiger partial charge in [0.1, 0.15) is 14.1 Å². The number of thiazole rings is 1. The molecule has 0 aliphatic heterocycles. The number of rotatable bonds is 3. The number of carbonyl (C=O) groups is 1. The van der Waals surface area contributed by atoms with Gasteiger partial charge in [-0.05, 0) is 60.8 Å². The van der Waals surface area contributed by atoms with Crippen LogP contribution in [-0.2, 0) is 35.6 Å². The maximum Gasteiger partial charge on any atom is 0.284 e. The lowest BCUT2D eigenvalue weighted by Crippen LogP contribution is -2.15. The number of hydrogen-bond donors (Lipinski definition) is 3. The number of benzene rings is 1. The van der Waals surface area contributed by atoms with Gasteiger partial charge in [-0.1, -0.05) is 17.4 Å². The first-order valence-electron chi connectivity index (χ1n) is 7.94. The highest BCUT2D eigenvalue weighted by Crippen LogP contribution is 2.38. The first-order chi connectivity index (χ1) is 11.4. The number of aryl methyl sites for hydroxylation is 2. The third-order valence-corrected chi connectivity index (χ3v) is 7.18. The van der Waals surface area contributed by atoms with E-state index in [0.717, 1.165) is 55.5 Å². The molecule has 1 heterocycles. The quantitative estimate of drug-likeness (QED) is 0.781. The van der Waals surface area contributed by atoms with Gasteiger partial charge in [-0.3, -0.25) is 4.79 Å². The van der Waals surface area contributed by atoms with Gasteiger partial charge in [-0.2, -0.15) is 0 Å². The predicted molar refractivity (Wildman–Crippen MR) is 93.9 cm³/mol. The highest BCUT2D eigenvalue weighted by molar-refractivity contribution is 7.92. The summed E-state index contributed by atoms with van der Waals surface area (Å²) in [6.45, 7) is 0. The Hall–Kier alpha value is -1.77. The van der Waals surface area contributed by atoms with Crippen LogP contribution < -0.4 is 10.5 Å². The molecule has 6 nitrogen and oxygen atoms in total. The molecule has 0 spiro atoms. The standard InChI is InChI=1S/C16H18N4O2S2/c17-24(18,22)13-8-19-16(23-13)15(21)20-14-11-5-1-3-9(11)7-10-4-2-6-12(10)14/h7-8H,1-6H2,(H,20,21)(H3,17,18,22). The number of carbonyl (C=O) groups excluding carboxylic acids is 1. The molecule has 24 heavy (non-hydrogen) atoms. The lowest BCUT2D eigenvalue weighted by atomic mass is 9.98. The van der Waals surface area contributed by atoms with Crippen LogP contribution in [0.3, 0.4) is 0 Å². The molecule has 0 bridgehead atoms. The molecule has 1 aromatic carbocycles. The second kappa shape index (κ2) is 5.65. The number of nitrogens with zero attached hydrogens (tertiary/aromatic N) is 1. The Labute approximate surface area is 144 Å². The van der Waals surface area contributed by atoms with Crippen molar-refractivity contribution < 1.29 is 9.00 Å². The van der Waals surface area contributed by atoms with Gasteiger partial charge >= 0.3 is 0 Å². The maximum atomic E-state index is 12.6. The Morgan fingerprint density at radius 2 is 1.83 bits per heavy atom. The van der Waals surface area contributed by atoms with Gasteiger partial charge in [-0.25, -0.2) is 19.1 Å². The van der Waals surface area contributed by atoms with Gasteiger partial charge in [0, 0.05) is 5.69 Å². The summed E-state index contributed by atoms with van der Waals surface area (Å²) in [6, 6.07) is 2.31. The third-order valence-electron chi connectivity index (χ3n) is 4.69. The SMILES string of the molecule is N=S(N)(=O)c1cnc(C(=O)Nc2c3c(cc4c2CCC4)CCC3)s1. The molecule has 2 aliphatic rings. The molecule has 1 atom stereocenters. The first-order valence-corrected chi connectivity index (χ1v) is 10.4. The highest BCUT2D eigenvalue weighted by Gasteiger charge is 2.26. The predicted octanol–water partition coefficient (Wildman–Crippen LogP) is 2.65. The number of anilines is 1. The molecule has 0 radical (unpaired) electrons. The summed E-state index contributed by atoms with van der Waals surface area (Å²) in [4.78, 5) is 16.6. The van der Waals surface area contributed by atoms with Crippen LogP contribution in [0.4, 0.5) is 5.69 Å². The lowest BCUT2D eigenvalue weighted by molar-refractivity contribution is 0.102. The monoisotopic (exact) mass is 362 g/mol. The van der Waals surface area contributed by atoms with Crippen LogP contribution in [0, 0.1) is 4.78 Å². The minimum Gasteiger partial charge on any atom is -0.319 e. The van der Waals surface area contributed by atoms with Crippen LogP contribution in [0.15, 0.2) is 16.5 Å². The molecule has 0 saturated carbocycles. The van der Waals surface area contributed by atoms with Crippen molar-refractivity contribution in [1.82, 2.24) is 4.98 Å². The van der Waals surface area contributed by atoms with Crippen molar-refractivity contribution >= 4 is 32.8 Å². The summed E-state index contributed by atoms with van der Waals surface area (Å²) >= 11 is 0.923. The molecule has 1 aromatic heterocycles. The smallest absolute Gasteiger partial charge is 0.284 e. The van der Waals surface area contributed by atoms with E-state index < -0.39 is 9.92 Å². The van der Waals surface area contributed by atoms with Crippen LogP contribution in [0.25, 0.3) is 0 Å². The minimum absolute atomic E-state index is 0.121. The summed E-state index contributed by atoms with van der Waals surface area (Å²) in [5, 5.41) is 8.53. The number of nitrogens with two attached hydrogens (primary N) is 1. The van der Waals surface area contributed by atoms with E-state index in [1.165, 1.54) is 28.5 Å². The molecular formula is C16H18N4O2S2. The molecule has 0 fully saturated rings. The molecule has 2 aliphatic carbocycles. The van der Waals surface area contributed by atoms with Crippen molar-refractivity contribution in [3.05, 3.63) is 39.5 Å². The largest absolute Gasteiger partial charge is 0.319 e. The molecule has 2 aromatic rings. The van der Waals surface area contributed by atoms with Crippen molar-refractivity contribution in [3.8, 4) is 0 Å². The van der Waals surface area contributed by atoms with Crippen molar-refractivity contribution in [2.75, 3.05) is 5.32 Å². The average molecular weight is 362 g/mol. The molecule has 4 N–H and O–H groups in total. The second-order valence-electron chi connectivity index (χ2n) is 6.27. The number of fused-ring (bicyclic) bond motifs is 2. The number of aromatic nitrogens is 1. The van der Waals surface area contributed by atoms with Crippen LogP contribution in [0.1, 0.15) is 44.9 Å². The van der Waals surface area contributed by atoms with E-state index in [1.807, 2.05) is 0 Å². The summed E-state index contributed by atoms with van der Waals surface area (Å²) < 4.78 is 19.1. The molecular weight excluding hydrogens is 344 g/mol. The van der Waals surface area contributed by atoms with E-state index in [4.69, 9.17) is 9.92 Å². The van der Waals surface area contributed by atoms with Crippen LogP contribution in [0.2, 0.25) is 0 Å². The zero-order valence-corrected chi connectivity index (χ0v) is 14.7. The van der Waals surface area contributed by atoms with E-state index in [1.54, 1.807) is 0 Å². The highest BCUT2D eigenvalue weighted by atomic mass is 32.2. The van der Waals surface area contributed by atoms with Gasteiger partial charge in [0.25, 0.3) is 5.91 Å². The van der Waals surface area contributed by atoms with Crippen molar-refractivity contribution in [2.24, 2.45) is 5.14 Å². The lowest BCUT2D eigenvalue weighted by Gasteiger charge is -2.15. The Balaban J connectivity index is 1.69. The van der Waals surface area contributed by atoms with E-state index in [2.05, 4.69) is 16.4 Å². The molecule has 126 valence electrons. The number of amides is 1. The fourth-order valence-electron chi connectivity index (χ4n) is 3.64.